The number of nitro benzene ring substituents is 2. The number of benzene rings is 2. The van der Waals surface area contributed by atoms with Crippen molar-refractivity contribution in [1.29, 1.82) is 0 Å². The minimum atomic E-state index is -0.527. The highest BCUT2D eigenvalue weighted by atomic mass is 32.2. The Bertz CT molecular complexity index is 1110. The van der Waals surface area contributed by atoms with E-state index in [9.17, 15) is 25.0 Å². The molecule has 0 unspecified atom stereocenters. The van der Waals surface area contributed by atoms with Crippen LogP contribution >= 0.6 is 11.8 Å². The van der Waals surface area contributed by atoms with Crippen LogP contribution in [0.25, 0.3) is 11.4 Å². The summed E-state index contributed by atoms with van der Waals surface area (Å²) >= 11 is 1.17. The van der Waals surface area contributed by atoms with Gasteiger partial charge in [-0.2, -0.15) is 0 Å². The zero-order chi connectivity index (χ0) is 21.7. The van der Waals surface area contributed by atoms with Crippen LogP contribution < -0.4 is 0 Å². The number of non-ortho nitro benzene ring substituents is 2. The van der Waals surface area contributed by atoms with Gasteiger partial charge in [0.1, 0.15) is 0 Å². The summed E-state index contributed by atoms with van der Waals surface area (Å²) in [6.45, 7) is 4.10. The molecule has 0 N–H and O–H groups in total. The number of carbonyl (C=O) groups is 1. The Hall–Kier alpha value is -3.86. The Balaban J connectivity index is 1.77. The van der Waals surface area contributed by atoms with Gasteiger partial charge >= 0.3 is 0 Å². The Kier molecular flexibility index (Phi) is 6.32. The number of ketones is 1. The molecule has 30 heavy (non-hydrogen) atoms. The Morgan fingerprint density at radius 3 is 2.10 bits per heavy atom. The highest BCUT2D eigenvalue weighted by Crippen LogP contribution is 2.26. The molecule has 1 aromatic heterocycles. The van der Waals surface area contributed by atoms with Gasteiger partial charge in [0.05, 0.1) is 15.6 Å². The van der Waals surface area contributed by atoms with E-state index >= 15 is 0 Å². The number of nitrogens with zero attached hydrogens (tertiary/aromatic N) is 5. The molecule has 0 aliphatic heterocycles. The van der Waals surface area contributed by atoms with Crippen molar-refractivity contribution in [1.82, 2.24) is 14.8 Å². The first-order valence-corrected chi connectivity index (χ1v) is 9.58. The Morgan fingerprint density at radius 1 is 1.00 bits per heavy atom. The Labute approximate surface area is 174 Å². The lowest BCUT2D eigenvalue weighted by Gasteiger charge is -2.07. The van der Waals surface area contributed by atoms with Crippen LogP contribution in [0.15, 0.2) is 66.3 Å². The van der Waals surface area contributed by atoms with Crippen LogP contribution in [0.1, 0.15) is 10.4 Å². The zero-order valence-electron chi connectivity index (χ0n) is 15.5. The number of rotatable bonds is 9. The summed E-state index contributed by atoms with van der Waals surface area (Å²) in [6, 6.07) is 11.3. The van der Waals surface area contributed by atoms with E-state index in [1.807, 2.05) is 0 Å². The first kappa shape index (κ1) is 20.9. The van der Waals surface area contributed by atoms with Crippen LogP contribution in [-0.4, -0.2) is 36.1 Å². The van der Waals surface area contributed by atoms with Crippen LogP contribution in [0.3, 0.4) is 0 Å². The smallest absolute Gasteiger partial charge is 0.269 e. The molecule has 11 heteroatoms. The minimum absolute atomic E-state index is 0.0307. The number of Topliss-reactive ketones (excluding diaryl/α,β-unsaturated/α-hetero) is 1. The van der Waals surface area contributed by atoms with Gasteiger partial charge in [-0.3, -0.25) is 29.6 Å². The van der Waals surface area contributed by atoms with Gasteiger partial charge in [0.2, 0.25) is 0 Å². The molecular formula is C19H15N5O5S. The molecule has 0 saturated heterocycles. The highest BCUT2D eigenvalue weighted by molar-refractivity contribution is 7.99. The molecule has 0 bridgehead atoms. The SMILES string of the molecule is C=CCn1c(SCC(=O)c2ccc([N+](=O)[O-])cc2)nnc1-c1ccc([N+](=O)[O-])cc1. The van der Waals surface area contributed by atoms with E-state index in [4.69, 9.17) is 0 Å². The van der Waals surface area contributed by atoms with Crippen LogP contribution in [0.4, 0.5) is 11.4 Å². The van der Waals surface area contributed by atoms with Crippen molar-refractivity contribution in [3.63, 3.8) is 0 Å². The van der Waals surface area contributed by atoms with E-state index in [0.29, 0.717) is 28.7 Å². The largest absolute Gasteiger partial charge is 0.298 e. The average Bonchev–Trinajstić information content (AvgIpc) is 3.15. The van der Waals surface area contributed by atoms with Crippen molar-refractivity contribution in [2.24, 2.45) is 0 Å². The maximum atomic E-state index is 12.4. The molecular weight excluding hydrogens is 410 g/mol. The molecule has 1 heterocycles. The second kappa shape index (κ2) is 9.09. The molecule has 0 atom stereocenters. The standard InChI is InChI=1S/C19H15N5O5S/c1-2-11-22-18(14-5-9-16(10-6-14)24(28)29)20-21-19(22)30-12-17(25)13-3-7-15(8-4-13)23(26)27/h2-10H,1,11-12H2. The van der Waals surface area contributed by atoms with Gasteiger partial charge in [0.25, 0.3) is 11.4 Å². The summed E-state index contributed by atoms with van der Waals surface area (Å²) in [5.74, 6) is 0.350. The second-order valence-electron chi connectivity index (χ2n) is 6.03. The van der Waals surface area contributed by atoms with Gasteiger partial charge in [0.15, 0.2) is 16.8 Å². The van der Waals surface area contributed by atoms with Gasteiger partial charge in [-0.1, -0.05) is 17.8 Å². The number of hydrogen-bond acceptors (Lipinski definition) is 8. The number of carbonyl (C=O) groups excluding carboxylic acids is 1. The molecule has 0 aliphatic carbocycles. The van der Waals surface area contributed by atoms with Gasteiger partial charge < -0.3 is 0 Å². The maximum absolute atomic E-state index is 12.4. The molecule has 0 fully saturated rings. The van der Waals surface area contributed by atoms with Gasteiger partial charge in [-0.05, 0) is 24.3 Å². The van der Waals surface area contributed by atoms with Crippen LogP contribution in [0, 0.1) is 20.2 Å². The van der Waals surface area contributed by atoms with Crippen LogP contribution in [-0.2, 0) is 6.54 Å². The second-order valence-corrected chi connectivity index (χ2v) is 6.97. The molecule has 10 nitrogen and oxygen atoms in total. The van der Waals surface area contributed by atoms with Crippen molar-refractivity contribution in [3.8, 4) is 11.4 Å². The van der Waals surface area contributed by atoms with Gasteiger partial charge in [-0.15, -0.1) is 16.8 Å². The topological polar surface area (TPSA) is 134 Å². The van der Waals surface area contributed by atoms with Crippen molar-refractivity contribution < 1.29 is 14.6 Å². The molecule has 0 saturated carbocycles. The quantitative estimate of drug-likeness (QED) is 0.165. The van der Waals surface area contributed by atoms with E-state index in [0.717, 1.165) is 0 Å². The molecule has 152 valence electrons. The predicted molar refractivity (Wildman–Crippen MR) is 110 cm³/mol. The summed E-state index contributed by atoms with van der Waals surface area (Å²) in [5.41, 5.74) is 0.886. The van der Waals surface area contributed by atoms with Crippen molar-refractivity contribution in [2.45, 2.75) is 11.7 Å². The zero-order valence-corrected chi connectivity index (χ0v) is 16.3. The van der Waals surface area contributed by atoms with Crippen molar-refractivity contribution in [2.75, 3.05) is 5.75 Å². The van der Waals surface area contributed by atoms with Crippen LogP contribution in [0.2, 0.25) is 0 Å². The van der Waals surface area contributed by atoms with E-state index in [1.54, 1.807) is 22.8 Å². The van der Waals surface area contributed by atoms with Crippen molar-refractivity contribution >= 4 is 28.9 Å². The lowest BCUT2D eigenvalue weighted by atomic mass is 10.1. The molecule has 2 aromatic carbocycles. The van der Waals surface area contributed by atoms with Crippen LogP contribution in [0.5, 0.6) is 0 Å². The maximum Gasteiger partial charge on any atom is 0.269 e. The lowest BCUT2D eigenvalue weighted by Crippen LogP contribution is -2.05. The summed E-state index contributed by atoms with van der Waals surface area (Å²) in [7, 11) is 0. The number of thioether (sulfide) groups is 1. The monoisotopic (exact) mass is 425 g/mol. The first-order valence-electron chi connectivity index (χ1n) is 8.60. The molecule has 0 radical (unpaired) electrons. The van der Waals surface area contributed by atoms with Gasteiger partial charge in [-0.25, -0.2) is 0 Å². The predicted octanol–water partition coefficient (Wildman–Crippen LogP) is 3.92. The Morgan fingerprint density at radius 2 is 1.57 bits per heavy atom. The number of hydrogen-bond donors (Lipinski definition) is 0. The molecule has 3 aromatic rings. The third-order valence-corrected chi connectivity index (χ3v) is 5.06. The van der Waals surface area contributed by atoms with Gasteiger partial charge in [0, 0.05) is 41.9 Å². The number of allylic oxidation sites excluding steroid dienone is 1. The molecule has 0 aliphatic rings. The average molecular weight is 425 g/mol. The fraction of sp³-hybridized carbons (Fsp3) is 0.105. The third-order valence-electron chi connectivity index (χ3n) is 4.10. The molecule has 0 amide bonds. The number of nitro groups is 2. The first-order chi connectivity index (χ1) is 14.4. The molecule has 0 spiro atoms. The highest BCUT2D eigenvalue weighted by Gasteiger charge is 2.17. The normalized spacial score (nSPS) is 10.5. The third kappa shape index (κ3) is 4.58. The summed E-state index contributed by atoms with van der Waals surface area (Å²) in [5, 5.41) is 30.3. The lowest BCUT2D eigenvalue weighted by molar-refractivity contribution is -0.385. The van der Waals surface area contributed by atoms with Crippen molar-refractivity contribution in [3.05, 3.63) is 87.0 Å². The fourth-order valence-electron chi connectivity index (χ4n) is 2.62. The van der Waals surface area contributed by atoms with E-state index < -0.39 is 9.85 Å². The fourth-order valence-corrected chi connectivity index (χ4v) is 3.46. The number of aromatic nitrogens is 3. The van der Waals surface area contributed by atoms with E-state index in [1.165, 1.54) is 48.2 Å². The van der Waals surface area contributed by atoms with E-state index in [-0.39, 0.29) is 22.9 Å². The molecule has 3 rings (SSSR count). The minimum Gasteiger partial charge on any atom is -0.298 e. The summed E-state index contributed by atoms with van der Waals surface area (Å²) in [6.07, 6.45) is 1.65. The summed E-state index contributed by atoms with van der Waals surface area (Å²) in [4.78, 5) is 33.0. The summed E-state index contributed by atoms with van der Waals surface area (Å²) < 4.78 is 1.75. The van der Waals surface area contributed by atoms with E-state index in [2.05, 4.69) is 16.8 Å².